The fourth-order valence-corrected chi connectivity index (χ4v) is 1.42. The molecule has 1 saturated heterocycles. The first-order valence-corrected chi connectivity index (χ1v) is 4.91. The van der Waals surface area contributed by atoms with Crippen molar-refractivity contribution in [1.82, 2.24) is 4.90 Å². The van der Waals surface area contributed by atoms with E-state index >= 15 is 0 Å². The van der Waals surface area contributed by atoms with Gasteiger partial charge < -0.3 is 9.64 Å². The van der Waals surface area contributed by atoms with Crippen LogP contribution in [0.4, 0.5) is 0 Å². The molecule has 1 fully saturated rings. The quantitative estimate of drug-likeness (QED) is 0.491. The molecule has 1 aliphatic heterocycles. The Balaban J connectivity index is 2.28. The molecule has 3 heteroatoms. The summed E-state index contributed by atoms with van der Waals surface area (Å²) in [7, 11) is 0. The van der Waals surface area contributed by atoms with E-state index in [1.807, 2.05) is 11.8 Å². The Hall–Kier alpha value is -0.990. The minimum atomic E-state index is 0.0770. The zero-order valence-corrected chi connectivity index (χ0v) is 8.16. The molecule has 74 valence electrons. The molecule has 13 heavy (non-hydrogen) atoms. The van der Waals surface area contributed by atoms with E-state index in [1.165, 1.54) is 18.8 Å². The van der Waals surface area contributed by atoms with Crippen molar-refractivity contribution in [1.29, 1.82) is 0 Å². The van der Waals surface area contributed by atoms with E-state index in [0.717, 1.165) is 25.9 Å². The second kappa shape index (κ2) is 5.62. The van der Waals surface area contributed by atoms with Crippen LogP contribution in [0.1, 0.15) is 26.2 Å². The third-order valence-electron chi connectivity index (χ3n) is 2.14. The number of ether oxygens (including phenoxy) is 1. The second-order valence-electron chi connectivity index (χ2n) is 3.14. The lowest BCUT2D eigenvalue weighted by Crippen LogP contribution is -2.34. The summed E-state index contributed by atoms with van der Waals surface area (Å²) in [5, 5.41) is 0. The van der Waals surface area contributed by atoms with Crippen molar-refractivity contribution in [3.05, 3.63) is 12.3 Å². The Labute approximate surface area is 79.4 Å². The standard InChI is InChI=1S/C10H17NO2/c1-2-13-9-6-10(12)11-7-4-3-5-8-11/h6,9H,2-5,7-8H2,1H3. The van der Waals surface area contributed by atoms with Crippen molar-refractivity contribution in [2.24, 2.45) is 0 Å². The third kappa shape index (κ3) is 3.49. The highest BCUT2D eigenvalue weighted by Crippen LogP contribution is 2.08. The van der Waals surface area contributed by atoms with Gasteiger partial charge in [0, 0.05) is 19.2 Å². The lowest BCUT2D eigenvalue weighted by Gasteiger charge is -2.25. The van der Waals surface area contributed by atoms with Gasteiger partial charge in [-0.15, -0.1) is 0 Å². The van der Waals surface area contributed by atoms with E-state index in [0.29, 0.717) is 6.61 Å². The second-order valence-corrected chi connectivity index (χ2v) is 3.14. The largest absolute Gasteiger partial charge is 0.501 e. The van der Waals surface area contributed by atoms with E-state index in [1.54, 1.807) is 0 Å². The maximum atomic E-state index is 11.4. The number of piperidine rings is 1. The molecular weight excluding hydrogens is 166 g/mol. The number of carbonyl (C=O) groups is 1. The SMILES string of the molecule is CCOC=CC(=O)N1CCCCC1. The van der Waals surface area contributed by atoms with Crippen LogP contribution in [-0.2, 0) is 9.53 Å². The van der Waals surface area contributed by atoms with Gasteiger partial charge in [0.15, 0.2) is 0 Å². The molecule has 0 aliphatic carbocycles. The van der Waals surface area contributed by atoms with Gasteiger partial charge in [0.2, 0.25) is 5.91 Å². The summed E-state index contributed by atoms with van der Waals surface area (Å²) in [6.45, 7) is 4.31. The van der Waals surface area contributed by atoms with Crippen molar-refractivity contribution in [3.8, 4) is 0 Å². The first kappa shape index (κ1) is 10.1. The summed E-state index contributed by atoms with van der Waals surface area (Å²) < 4.78 is 4.97. The molecule has 3 nitrogen and oxygen atoms in total. The highest BCUT2D eigenvalue weighted by Gasteiger charge is 2.13. The van der Waals surface area contributed by atoms with Crippen molar-refractivity contribution in [3.63, 3.8) is 0 Å². The molecule has 1 aliphatic rings. The van der Waals surface area contributed by atoms with Gasteiger partial charge in [0.05, 0.1) is 12.9 Å². The van der Waals surface area contributed by atoms with E-state index in [9.17, 15) is 4.79 Å². The van der Waals surface area contributed by atoms with Crippen molar-refractivity contribution in [2.75, 3.05) is 19.7 Å². The van der Waals surface area contributed by atoms with Gasteiger partial charge in [-0.1, -0.05) is 0 Å². The molecule has 0 spiro atoms. The predicted octanol–water partition coefficient (Wildman–Crippen LogP) is 1.55. The van der Waals surface area contributed by atoms with E-state index in [2.05, 4.69) is 0 Å². The molecule has 1 heterocycles. The Morgan fingerprint density at radius 2 is 2.08 bits per heavy atom. The molecule has 0 saturated carbocycles. The van der Waals surface area contributed by atoms with Crippen molar-refractivity contribution < 1.29 is 9.53 Å². The molecule has 0 atom stereocenters. The fourth-order valence-electron chi connectivity index (χ4n) is 1.42. The maximum absolute atomic E-state index is 11.4. The number of amides is 1. The first-order chi connectivity index (χ1) is 6.34. The zero-order chi connectivity index (χ0) is 9.52. The predicted molar refractivity (Wildman–Crippen MR) is 51.2 cm³/mol. The Bertz CT molecular complexity index is 183. The molecule has 1 amide bonds. The van der Waals surface area contributed by atoms with Crippen LogP contribution < -0.4 is 0 Å². The van der Waals surface area contributed by atoms with Crippen LogP contribution >= 0.6 is 0 Å². The number of hydrogen-bond donors (Lipinski definition) is 0. The summed E-state index contributed by atoms with van der Waals surface area (Å²) in [5.41, 5.74) is 0. The number of hydrogen-bond acceptors (Lipinski definition) is 2. The number of carbonyl (C=O) groups excluding carboxylic acids is 1. The zero-order valence-electron chi connectivity index (χ0n) is 8.16. The Morgan fingerprint density at radius 3 is 2.69 bits per heavy atom. The van der Waals surface area contributed by atoms with E-state index < -0.39 is 0 Å². The number of rotatable bonds is 3. The van der Waals surface area contributed by atoms with Crippen LogP contribution in [0.15, 0.2) is 12.3 Å². The molecule has 0 bridgehead atoms. The Morgan fingerprint density at radius 1 is 1.38 bits per heavy atom. The molecule has 0 aromatic carbocycles. The van der Waals surface area contributed by atoms with Crippen LogP contribution in [0.25, 0.3) is 0 Å². The minimum Gasteiger partial charge on any atom is -0.501 e. The topological polar surface area (TPSA) is 29.5 Å². The molecular formula is C10H17NO2. The summed E-state index contributed by atoms with van der Waals surface area (Å²) in [6, 6.07) is 0. The smallest absolute Gasteiger partial charge is 0.249 e. The van der Waals surface area contributed by atoms with Gasteiger partial charge in [0.25, 0.3) is 0 Å². The first-order valence-electron chi connectivity index (χ1n) is 4.91. The molecule has 0 unspecified atom stereocenters. The highest BCUT2D eigenvalue weighted by molar-refractivity contribution is 5.87. The number of likely N-dealkylation sites (tertiary alicyclic amines) is 1. The van der Waals surface area contributed by atoms with Gasteiger partial charge in [-0.25, -0.2) is 0 Å². The summed E-state index contributed by atoms with van der Waals surface area (Å²) in [6.07, 6.45) is 6.51. The molecule has 0 radical (unpaired) electrons. The van der Waals surface area contributed by atoms with Crippen molar-refractivity contribution in [2.45, 2.75) is 26.2 Å². The number of nitrogens with zero attached hydrogens (tertiary/aromatic N) is 1. The van der Waals surface area contributed by atoms with Gasteiger partial charge in [0.1, 0.15) is 0 Å². The molecule has 0 aromatic rings. The Kier molecular flexibility index (Phi) is 4.36. The molecule has 0 N–H and O–H groups in total. The van der Waals surface area contributed by atoms with Crippen molar-refractivity contribution >= 4 is 5.91 Å². The summed E-state index contributed by atoms with van der Waals surface area (Å²) in [5.74, 6) is 0.0770. The van der Waals surface area contributed by atoms with E-state index in [-0.39, 0.29) is 5.91 Å². The minimum absolute atomic E-state index is 0.0770. The monoisotopic (exact) mass is 183 g/mol. The molecule has 1 rings (SSSR count). The lowest BCUT2D eigenvalue weighted by molar-refractivity contribution is -0.126. The third-order valence-corrected chi connectivity index (χ3v) is 2.14. The van der Waals surface area contributed by atoms with Gasteiger partial charge in [-0.05, 0) is 26.2 Å². The van der Waals surface area contributed by atoms with Crippen LogP contribution in [0, 0.1) is 0 Å². The fraction of sp³-hybridized carbons (Fsp3) is 0.700. The summed E-state index contributed by atoms with van der Waals surface area (Å²) in [4.78, 5) is 13.3. The average Bonchev–Trinajstić information content (AvgIpc) is 2.19. The highest BCUT2D eigenvalue weighted by atomic mass is 16.5. The normalized spacial score (nSPS) is 17.8. The van der Waals surface area contributed by atoms with Crippen LogP contribution in [0.3, 0.4) is 0 Å². The maximum Gasteiger partial charge on any atom is 0.249 e. The van der Waals surface area contributed by atoms with Gasteiger partial charge in [-0.2, -0.15) is 0 Å². The van der Waals surface area contributed by atoms with Crippen LogP contribution in [-0.4, -0.2) is 30.5 Å². The van der Waals surface area contributed by atoms with Gasteiger partial charge in [-0.3, -0.25) is 4.79 Å². The van der Waals surface area contributed by atoms with E-state index in [4.69, 9.17) is 4.74 Å². The average molecular weight is 183 g/mol. The summed E-state index contributed by atoms with van der Waals surface area (Å²) >= 11 is 0. The van der Waals surface area contributed by atoms with Gasteiger partial charge >= 0.3 is 0 Å². The molecule has 0 aromatic heterocycles. The van der Waals surface area contributed by atoms with Crippen LogP contribution in [0.2, 0.25) is 0 Å². The lowest BCUT2D eigenvalue weighted by atomic mass is 10.1. The van der Waals surface area contributed by atoms with Crippen LogP contribution in [0.5, 0.6) is 0 Å².